The van der Waals surface area contributed by atoms with E-state index in [1.807, 2.05) is 13.2 Å². The predicted molar refractivity (Wildman–Crippen MR) is 71.5 cm³/mol. The van der Waals surface area contributed by atoms with Crippen molar-refractivity contribution in [1.82, 2.24) is 19.7 Å². The van der Waals surface area contributed by atoms with Crippen molar-refractivity contribution in [3.8, 4) is 0 Å². The summed E-state index contributed by atoms with van der Waals surface area (Å²) in [6.07, 6.45) is 6.01. The Kier molecular flexibility index (Phi) is 2.50. The number of aromatic nitrogens is 4. The Morgan fingerprint density at radius 1 is 1.28 bits per heavy atom. The van der Waals surface area contributed by atoms with Crippen LogP contribution in [-0.2, 0) is 7.05 Å². The maximum atomic E-state index is 4.47. The largest absolute Gasteiger partial charge is 0.355 e. The van der Waals surface area contributed by atoms with Gasteiger partial charge in [0.15, 0.2) is 5.65 Å². The molecule has 0 unspecified atom stereocenters. The molecule has 2 aromatic heterocycles. The van der Waals surface area contributed by atoms with E-state index in [1.165, 1.54) is 12.8 Å². The van der Waals surface area contributed by atoms with Crippen LogP contribution >= 0.6 is 0 Å². The van der Waals surface area contributed by atoms with Gasteiger partial charge in [-0.15, -0.1) is 0 Å². The van der Waals surface area contributed by atoms with Gasteiger partial charge in [-0.2, -0.15) is 5.10 Å². The monoisotopic (exact) mass is 245 g/mol. The van der Waals surface area contributed by atoms with Gasteiger partial charge in [0.05, 0.1) is 11.6 Å². The van der Waals surface area contributed by atoms with Crippen molar-refractivity contribution in [3.05, 3.63) is 12.5 Å². The number of aryl methyl sites for hydroxylation is 1. The zero-order chi connectivity index (χ0) is 12.8. The van der Waals surface area contributed by atoms with Crippen molar-refractivity contribution in [3.63, 3.8) is 0 Å². The molecular formula is C13H19N5. The zero-order valence-corrected chi connectivity index (χ0v) is 11.2. The van der Waals surface area contributed by atoms with Gasteiger partial charge in [-0.05, 0) is 18.3 Å². The molecule has 3 heterocycles. The van der Waals surface area contributed by atoms with Crippen LogP contribution in [0.5, 0.6) is 0 Å². The van der Waals surface area contributed by atoms with Crippen LogP contribution in [0.4, 0.5) is 5.82 Å². The molecule has 1 aliphatic rings. The van der Waals surface area contributed by atoms with Gasteiger partial charge >= 0.3 is 0 Å². The third-order valence-electron chi connectivity index (χ3n) is 3.71. The van der Waals surface area contributed by atoms with Crippen LogP contribution < -0.4 is 4.90 Å². The van der Waals surface area contributed by atoms with E-state index in [2.05, 4.69) is 33.8 Å². The Morgan fingerprint density at radius 3 is 2.89 bits per heavy atom. The SMILES string of the molecule is Cn1ncc2c(N3CCCC(C)(C)C3)ncnc21. The first kappa shape index (κ1) is 11.4. The van der Waals surface area contributed by atoms with E-state index in [-0.39, 0.29) is 0 Å². The molecule has 0 saturated carbocycles. The fourth-order valence-electron chi connectivity index (χ4n) is 2.81. The molecule has 0 spiro atoms. The molecule has 0 aliphatic carbocycles. The van der Waals surface area contributed by atoms with Crippen LogP contribution in [0.2, 0.25) is 0 Å². The van der Waals surface area contributed by atoms with Gasteiger partial charge in [0.2, 0.25) is 0 Å². The van der Waals surface area contributed by atoms with Crippen molar-refractivity contribution in [2.24, 2.45) is 12.5 Å². The summed E-state index contributed by atoms with van der Waals surface area (Å²) in [7, 11) is 1.92. The van der Waals surface area contributed by atoms with Gasteiger partial charge < -0.3 is 4.90 Å². The van der Waals surface area contributed by atoms with Crippen LogP contribution in [0.15, 0.2) is 12.5 Å². The quantitative estimate of drug-likeness (QED) is 0.771. The van der Waals surface area contributed by atoms with Crippen LogP contribution in [0, 0.1) is 5.41 Å². The fraction of sp³-hybridized carbons (Fsp3) is 0.615. The standard InChI is InChI=1S/C13H19N5/c1-13(2)5-4-6-18(8-13)12-10-7-16-17(3)11(10)14-9-15-12/h7,9H,4-6,8H2,1-3H3. The highest BCUT2D eigenvalue weighted by Crippen LogP contribution is 2.32. The topological polar surface area (TPSA) is 46.8 Å². The Hall–Kier alpha value is -1.65. The van der Waals surface area contributed by atoms with Gasteiger partial charge in [-0.3, -0.25) is 4.68 Å². The summed E-state index contributed by atoms with van der Waals surface area (Å²) in [5.41, 5.74) is 1.26. The van der Waals surface area contributed by atoms with Gasteiger partial charge in [-0.25, -0.2) is 9.97 Å². The van der Waals surface area contributed by atoms with Crippen LogP contribution in [0.25, 0.3) is 11.0 Å². The summed E-state index contributed by atoms with van der Waals surface area (Å²) in [6.45, 7) is 6.76. The molecule has 1 saturated heterocycles. The molecule has 0 aromatic carbocycles. The highest BCUT2D eigenvalue weighted by atomic mass is 15.3. The van der Waals surface area contributed by atoms with Gasteiger partial charge in [0.1, 0.15) is 12.1 Å². The molecule has 0 bridgehead atoms. The first-order valence-corrected chi connectivity index (χ1v) is 6.44. The zero-order valence-electron chi connectivity index (χ0n) is 11.2. The van der Waals surface area contributed by atoms with E-state index >= 15 is 0 Å². The molecule has 3 rings (SSSR count). The van der Waals surface area contributed by atoms with Crippen molar-refractivity contribution in [2.75, 3.05) is 18.0 Å². The minimum atomic E-state index is 0.359. The molecule has 5 nitrogen and oxygen atoms in total. The Morgan fingerprint density at radius 2 is 2.11 bits per heavy atom. The van der Waals surface area contributed by atoms with Crippen molar-refractivity contribution in [2.45, 2.75) is 26.7 Å². The lowest BCUT2D eigenvalue weighted by Crippen LogP contribution is -2.40. The maximum absolute atomic E-state index is 4.47. The first-order valence-electron chi connectivity index (χ1n) is 6.44. The molecule has 0 N–H and O–H groups in total. The first-order chi connectivity index (χ1) is 8.57. The minimum Gasteiger partial charge on any atom is -0.355 e. The van der Waals surface area contributed by atoms with Crippen molar-refractivity contribution in [1.29, 1.82) is 0 Å². The van der Waals surface area contributed by atoms with Crippen molar-refractivity contribution < 1.29 is 0 Å². The molecular weight excluding hydrogens is 226 g/mol. The second-order valence-electron chi connectivity index (χ2n) is 5.89. The number of fused-ring (bicyclic) bond motifs is 1. The average Bonchev–Trinajstić information content (AvgIpc) is 2.70. The highest BCUT2D eigenvalue weighted by molar-refractivity contribution is 5.86. The second kappa shape index (κ2) is 3.93. The molecule has 2 aromatic rings. The van der Waals surface area contributed by atoms with Gasteiger partial charge in [0.25, 0.3) is 0 Å². The Bertz CT molecular complexity index is 572. The van der Waals surface area contributed by atoms with E-state index in [9.17, 15) is 0 Å². The summed E-state index contributed by atoms with van der Waals surface area (Å²) < 4.78 is 1.80. The molecule has 0 amide bonds. The molecule has 0 atom stereocenters. The van der Waals surface area contributed by atoms with E-state index < -0.39 is 0 Å². The van der Waals surface area contributed by atoms with Crippen LogP contribution in [0.1, 0.15) is 26.7 Å². The molecule has 96 valence electrons. The number of hydrogen-bond donors (Lipinski definition) is 0. The number of nitrogens with zero attached hydrogens (tertiary/aromatic N) is 5. The third kappa shape index (κ3) is 1.83. The molecule has 18 heavy (non-hydrogen) atoms. The Balaban J connectivity index is 2.04. The fourth-order valence-corrected chi connectivity index (χ4v) is 2.81. The van der Waals surface area contributed by atoms with E-state index in [0.29, 0.717) is 5.41 Å². The summed E-state index contributed by atoms with van der Waals surface area (Å²) in [4.78, 5) is 11.1. The van der Waals surface area contributed by atoms with E-state index in [4.69, 9.17) is 0 Å². The average molecular weight is 245 g/mol. The maximum Gasteiger partial charge on any atom is 0.163 e. The summed E-state index contributed by atoms with van der Waals surface area (Å²) in [5, 5.41) is 5.33. The second-order valence-corrected chi connectivity index (χ2v) is 5.89. The number of piperidine rings is 1. The highest BCUT2D eigenvalue weighted by Gasteiger charge is 2.28. The number of rotatable bonds is 1. The minimum absolute atomic E-state index is 0.359. The lowest BCUT2D eigenvalue weighted by Gasteiger charge is -2.38. The van der Waals surface area contributed by atoms with E-state index in [1.54, 1.807) is 11.0 Å². The van der Waals surface area contributed by atoms with Crippen molar-refractivity contribution >= 4 is 16.9 Å². The Labute approximate surface area is 107 Å². The van der Waals surface area contributed by atoms with Gasteiger partial charge in [0, 0.05) is 20.1 Å². The summed E-state index contributed by atoms with van der Waals surface area (Å²) >= 11 is 0. The van der Waals surface area contributed by atoms with Gasteiger partial charge in [-0.1, -0.05) is 13.8 Å². The van der Waals surface area contributed by atoms with Crippen LogP contribution in [-0.4, -0.2) is 32.8 Å². The predicted octanol–water partition coefficient (Wildman–Crippen LogP) is 1.99. The molecule has 1 fully saturated rings. The smallest absolute Gasteiger partial charge is 0.163 e. The number of anilines is 1. The molecule has 5 heteroatoms. The summed E-state index contributed by atoms with van der Waals surface area (Å²) in [5.74, 6) is 1.03. The lowest BCUT2D eigenvalue weighted by atomic mass is 9.84. The number of hydrogen-bond acceptors (Lipinski definition) is 4. The third-order valence-corrected chi connectivity index (χ3v) is 3.71. The van der Waals surface area contributed by atoms with Crippen LogP contribution in [0.3, 0.4) is 0 Å². The lowest BCUT2D eigenvalue weighted by molar-refractivity contribution is 0.292. The normalized spacial score (nSPS) is 19.4. The van der Waals surface area contributed by atoms with E-state index in [0.717, 1.165) is 29.9 Å². The molecule has 1 aliphatic heterocycles. The molecule has 0 radical (unpaired) electrons. The summed E-state index contributed by atoms with van der Waals surface area (Å²) in [6, 6.07) is 0.